The second kappa shape index (κ2) is 8.69. The molecule has 0 spiro atoms. The fourth-order valence-electron chi connectivity index (χ4n) is 2.75. The molecule has 1 saturated heterocycles. The van der Waals surface area contributed by atoms with Crippen LogP contribution in [0.5, 0.6) is 0 Å². The predicted octanol–water partition coefficient (Wildman–Crippen LogP) is 3.01. The van der Waals surface area contributed by atoms with Crippen LogP contribution in [0.3, 0.4) is 0 Å². The van der Waals surface area contributed by atoms with Crippen molar-refractivity contribution in [1.82, 2.24) is 4.31 Å². The Kier molecular flexibility index (Phi) is 6.33. The Bertz CT molecular complexity index is 901. The number of ether oxygens (including phenoxy) is 1. The van der Waals surface area contributed by atoms with Gasteiger partial charge in [-0.1, -0.05) is 24.3 Å². The van der Waals surface area contributed by atoms with Crippen LogP contribution >= 0.6 is 11.8 Å². The van der Waals surface area contributed by atoms with Crippen molar-refractivity contribution in [1.29, 1.82) is 5.26 Å². The first-order valence-electron chi connectivity index (χ1n) is 8.33. The van der Waals surface area contributed by atoms with Crippen molar-refractivity contribution in [2.45, 2.75) is 16.4 Å². The van der Waals surface area contributed by atoms with Gasteiger partial charge in [-0.3, -0.25) is 0 Å². The first-order chi connectivity index (χ1) is 12.6. The van der Waals surface area contributed by atoms with Gasteiger partial charge in [0.2, 0.25) is 10.0 Å². The fraction of sp³-hybridized carbons (Fsp3) is 0.316. The van der Waals surface area contributed by atoms with E-state index in [2.05, 4.69) is 6.07 Å². The number of benzene rings is 2. The van der Waals surface area contributed by atoms with Gasteiger partial charge in [-0.25, -0.2) is 8.42 Å². The number of nitrogens with zero attached hydrogens (tertiary/aromatic N) is 2. The van der Waals surface area contributed by atoms with Crippen LogP contribution in [0.4, 0.5) is 0 Å². The van der Waals surface area contributed by atoms with Gasteiger partial charge in [0.15, 0.2) is 0 Å². The molecule has 2 aromatic rings. The van der Waals surface area contributed by atoms with Gasteiger partial charge in [0.1, 0.15) is 0 Å². The van der Waals surface area contributed by atoms with E-state index in [-0.39, 0.29) is 0 Å². The Morgan fingerprint density at radius 2 is 1.69 bits per heavy atom. The topological polar surface area (TPSA) is 70.4 Å². The average Bonchev–Trinajstić information content (AvgIpc) is 2.69. The van der Waals surface area contributed by atoms with Crippen molar-refractivity contribution >= 4 is 21.8 Å². The summed E-state index contributed by atoms with van der Waals surface area (Å²) in [5.74, 6) is 1.49. The maximum Gasteiger partial charge on any atom is 0.243 e. The second-order valence-corrected chi connectivity index (χ2v) is 8.89. The van der Waals surface area contributed by atoms with Crippen molar-refractivity contribution in [2.75, 3.05) is 26.3 Å². The smallest absolute Gasteiger partial charge is 0.243 e. The standard InChI is InChI=1S/C19H20N2O3S2/c20-13-16-3-1-4-17(11-16)14-25-15-18-5-2-6-19(12-18)26(22,23)21-7-9-24-10-8-21/h1-6,11-12H,7-10,14-15H2. The third-order valence-electron chi connectivity index (χ3n) is 4.10. The second-order valence-electron chi connectivity index (χ2n) is 5.97. The zero-order valence-corrected chi connectivity index (χ0v) is 15.9. The number of thioether (sulfide) groups is 1. The van der Waals surface area contributed by atoms with Gasteiger partial charge in [-0.05, 0) is 35.4 Å². The van der Waals surface area contributed by atoms with E-state index in [9.17, 15) is 8.42 Å². The molecule has 3 rings (SSSR count). The van der Waals surface area contributed by atoms with E-state index >= 15 is 0 Å². The van der Waals surface area contributed by atoms with Crippen molar-refractivity contribution in [3.8, 4) is 6.07 Å². The van der Waals surface area contributed by atoms with E-state index in [4.69, 9.17) is 10.00 Å². The fourth-order valence-corrected chi connectivity index (χ4v) is 5.16. The van der Waals surface area contributed by atoms with Gasteiger partial charge < -0.3 is 4.74 Å². The quantitative estimate of drug-likeness (QED) is 0.761. The minimum absolute atomic E-state index is 0.337. The summed E-state index contributed by atoms with van der Waals surface area (Å²) in [6, 6.07) is 16.8. The number of hydrogen-bond donors (Lipinski definition) is 0. The monoisotopic (exact) mass is 388 g/mol. The molecule has 1 aliphatic rings. The van der Waals surface area contributed by atoms with Gasteiger partial charge >= 0.3 is 0 Å². The molecule has 1 fully saturated rings. The minimum atomic E-state index is -3.46. The molecular formula is C19H20N2O3S2. The highest BCUT2D eigenvalue weighted by Crippen LogP contribution is 2.22. The molecule has 0 amide bonds. The van der Waals surface area contributed by atoms with Gasteiger partial charge in [-0.15, -0.1) is 0 Å². The Balaban J connectivity index is 1.64. The van der Waals surface area contributed by atoms with E-state index in [0.717, 1.165) is 16.9 Å². The van der Waals surface area contributed by atoms with Crippen LogP contribution in [0, 0.1) is 11.3 Å². The molecule has 0 unspecified atom stereocenters. The largest absolute Gasteiger partial charge is 0.379 e. The zero-order chi connectivity index (χ0) is 18.4. The molecule has 0 N–H and O–H groups in total. The molecule has 1 heterocycles. The van der Waals surface area contributed by atoms with Crippen LogP contribution in [-0.2, 0) is 26.3 Å². The predicted molar refractivity (Wildman–Crippen MR) is 102 cm³/mol. The van der Waals surface area contributed by atoms with Crippen molar-refractivity contribution in [2.24, 2.45) is 0 Å². The van der Waals surface area contributed by atoms with E-state index in [1.54, 1.807) is 36.0 Å². The molecule has 7 heteroatoms. The van der Waals surface area contributed by atoms with Crippen molar-refractivity contribution in [3.05, 3.63) is 65.2 Å². The lowest BCUT2D eigenvalue weighted by Gasteiger charge is -2.26. The highest BCUT2D eigenvalue weighted by Gasteiger charge is 2.26. The van der Waals surface area contributed by atoms with E-state index in [0.29, 0.717) is 42.5 Å². The molecule has 0 aromatic heterocycles. The Labute approximate surface area is 158 Å². The molecule has 0 atom stereocenters. The van der Waals surface area contributed by atoms with E-state index < -0.39 is 10.0 Å². The normalized spacial score (nSPS) is 15.5. The molecule has 0 bridgehead atoms. The van der Waals surface area contributed by atoms with Crippen LogP contribution in [0.2, 0.25) is 0 Å². The summed E-state index contributed by atoms with van der Waals surface area (Å²) in [4.78, 5) is 0.337. The summed E-state index contributed by atoms with van der Waals surface area (Å²) in [5.41, 5.74) is 2.72. The molecule has 0 aliphatic carbocycles. The first-order valence-corrected chi connectivity index (χ1v) is 10.9. The lowest BCUT2D eigenvalue weighted by Crippen LogP contribution is -2.40. The number of rotatable bonds is 6. The van der Waals surface area contributed by atoms with Crippen LogP contribution in [0.15, 0.2) is 53.4 Å². The van der Waals surface area contributed by atoms with E-state index in [1.165, 1.54) is 4.31 Å². The van der Waals surface area contributed by atoms with Crippen LogP contribution in [-0.4, -0.2) is 39.0 Å². The van der Waals surface area contributed by atoms with Gasteiger partial charge in [0.25, 0.3) is 0 Å². The molecule has 5 nitrogen and oxygen atoms in total. The molecule has 136 valence electrons. The summed E-state index contributed by atoms with van der Waals surface area (Å²) >= 11 is 1.70. The van der Waals surface area contributed by atoms with Crippen LogP contribution in [0.25, 0.3) is 0 Å². The lowest BCUT2D eigenvalue weighted by atomic mass is 10.2. The average molecular weight is 389 g/mol. The Morgan fingerprint density at radius 3 is 2.38 bits per heavy atom. The van der Waals surface area contributed by atoms with Gasteiger partial charge in [-0.2, -0.15) is 21.3 Å². The number of hydrogen-bond acceptors (Lipinski definition) is 5. The maximum atomic E-state index is 12.7. The summed E-state index contributed by atoms with van der Waals surface area (Å²) in [6.07, 6.45) is 0. The zero-order valence-electron chi connectivity index (χ0n) is 14.3. The Morgan fingerprint density at radius 1 is 1.04 bits per heavy atom. The highest BCUT2D eigenvalue weighted by atomic mass is 32.2. The third kappa shape index (κ3) is 4.65. The number of sulfonamides is 1. The molecule has 1 aliphatic heterocycles. The highest BCUT2D eigenvalue weighted by molar-refractivity contribution is 7.97. The van der Waals surface area contributed by atoms with Crippen LogP contribution in [0.1, 0.15) is 16.7 Å². The summed E-state index contributed by atoms with van der Waals surface area (Å²) in [7, 11) is -3.46. The first kappa shape index (κ1) is 18.9. The third-order valence-corrected chi connectivity index (χ3v) is 7.07. The SMILES string of the molecule is N#Cc1cccc(CSCc2cccc(S(=O)(=O)N3CCOCC3)c2)c1. The Hall–Kier alpha value is -1.85. The number of morpholine rings is 1. The van der Waals surface area contributed by atoms with Gasteiger partial charge in [0.05, 0.1) is 29.7 Å². The summed E-state index contributed by atoms with van der Waals surface area (Å²) in [5, 5.41) is 8.95. The van der Waals surface area contributed by atoms with Crippen molar-refractivity contribution < 1.29 is 13.2 Å². The molecule has 0 radical (unpaired) electrons. The van der Waals surface area contributed by atoms with E-state index in [1.807, 2.05) is 24.3 Å². The molecule has 0 saturated carbocycles. The van der Waals surface area contributed by atoms with Crippen LogP contribution < -0.4 is 0 Å². The van der Waals surface area contributed by atoms with Gasteiger partial charge in [0, 0.05) is 24.6 Å². The van der Waals surface area contributed by atoms with Crippen molar-refractivity contribution in [3.63, 3.8) is 0 Å². The summed E-state index contributed by atoms with van der Waals surface area (Å²) in [6.45, 7) is 1.68. The molecular weight excluding hydrogens is 368 g/mol. The molecule has 2 aromatic carbocycles. The number of nitriles is 1. The lowest BCUT2D eigenvalue weighted by molar-refractivity contribution is 0.0730. The summed E-state index contributed by atoms with van der Waals surface area (Å²) < 4.78 is 32.2. The molecule has 26 heavy (non-hydrogen) atoms. The minimum Gasteiger partial charge on any atom is -0.379 e. The maximum absolute atomic E-state index is 12.7.